The third kappa shape index (κ3) is 8.55. The minimum absolute atomic E-state index is 0.0376. The molecular formula is C26H35N4O2. The lowest BCUT2D eigenvalue weighted by Gasteiger charge is -2.21. The molecule has 0 aromatic carbocycles. The van der Waals surface area contributed by atoms with E-state index in [4.69, 9.17) is 4.84 Å². The van der Waals surface area contributed by atoms with E-state index in [0.29, 0.717) is 12.8 Å². The van der Waals surface area contributed by atoms with E-state index in [-0.39, 0.29) is 18.3 Å². The number of hydrogen-bond donors (Lipinski definition) is 2. The largest absolute Gasteiger partial charge is 0.341 e. The molecule has 2 aliphatic carbocycles. The van der Waals surface area contributed by atoms with Crippen LogP contribution in [0.3, 0.4) is 0 Å². The van der Waals surface area contributed by atoms with E-state index in [9.17, 15) is 4.79 Å². The van der Waals surface area contributed by atoms with Crippen molar-refractivity contribution >= 4 is 5.91 Å². The topological polar surface area (TPSA) is 56.8 Å². The Bertz CT molecular complexity index is 751. The van der Waals surface area contributed by atoms with Crippen molar-refractivity contribution in [2.24, 2.45) is 0 Å². The lowest BCUT2D eigenvalue weighted by Crippen LogP contribution is -2.37. The maximum absolute atomic E-state index is 12.4. The van der Waals surface area contributed by atoms with E-state index in [1.54, 1.807) is 0 Å². The SMILES string of the molecule is C1=C\C=C/C=C\C=C/1.CN1CCCN(C(=O)CCC2NC(C3=CC=CC=C[CH]3)NO2)CC1. The van der Waals surface area contributed by atoms with Crippen molar-refractivity contribution in [3.63, 3.8) is 0 Å². The molecule has 0 bridgehead atoms. The number of allylic oxidation sites excluding steroid dienone is 13. The molecule has 171 valence electrons. The van der Waals surface area contributed by atoms with Crippen LogP contribution in [0.5, 0.6) is 0 Å². The Morgan fingerprint density at radius 3 is 2.28 bits per heavy atom. The summed E-state index contributed by atoms with van der Waals surface area (Å²) in [6.07, 6.45) is 30.2. The van der Waals surface area contributed by atoms with Gasteiger partial charge in [0.1, 0.15) is 12.4 Å². The fourth-order valence-corrected chi connectivity index (χ4v) is 3.64. The van der Waals surface area contributed by atoms with Crippen molar-refractivity contribution in [2.45, 2.75) is 31.7 Å². The van der Waals surface area contributed by atoms with Gasteiger partial charge in [0.05, 0.1) is 0 Å². The van der Waals surface area contributed by atoms with Gasteiger partial charge in [0.2, 0.25) is 5.91 Å². The number of amides is 1. The zero-order valence-corrected chi connectivity index (χ0v) is 18.9. The van der Waals surface area contributed by atoms with Crippen molar-refractivity contribution in [2.75, 3.05) is 33.2 Å². The predicted octanol–water partition coefficient (Wildman–Crippen LogP) is 3.19. The molecule has 0 spiro atoms. The summed E-state index contributed by atoms with van der Waals surface area (Å²) in [4.78, 5) is 22.3. The van der Waals surface area contributed by atoms with Crippen LogP contribution in [0.25, 0.3) is 0 Å². The monoisotopic (exact) mass is 435 g/mol. The average molecular weight is 436 g/mol. The Morgan fingerprint density at radius 1 is 0.906 bits per heavy atom. The summed E-state index contributed by atoms with van der Waals surface area (Å²) in [6, 6.07) is 0. The molecule has 1 radical (unpaired) electrons. The normalized spacial score (nSPS) is 29.4. The lowest BCUT2D eigenvalue weighted by atomic mass is 10.1. The van der Waals surface area contributed by atoms with Crippen LogP contribution in [0.2, 0.25) is 0 Å². The molecule has 2 saturated heterocycles. The third-order valence-corrected chi connectivity index (χ3v) is 5.51. The number of nitrogens with zero attached hydrogens (tertiary/aromatic N) is 2. The molecule has 32 heavy (non-hydrogen) atoms. The first kappa shape index (κ1) is 24.1. The second kappa shape index (κ2) is 13.8. The molecule has 2 fully saturated rings. The molecule has 2 N–H and O–H groups in total. The summed E-state index contributed by atoms with van der Waals surface area (Å²) in [6.45, 7) is 3.72. The summed E-state index contributed by atoms with van der Waals surface area (Å²) < 4.78 is 0. The minimum Gasteiger partial charge on any atom is -0.341 e. The number of carbonyl (C=O) groups is 1. The Labute approximate surface area is 192 Å². The molecular weight excluding hydrogens is 400 g/mol. The molecule has 1 amide bonds. The highest BCUT2D eigenvalue weighted by atomic mass is 16.7. The van der Waals surface area contributed by atoms with Gasteiger partial charge in [-0.25, -0.2) is 0 Å². The van der Waals surface area contributed by atoms with E-state index in [0.717, 1.165) is 38.2 Å². The summed E-state index contributed by atoms with van der Waals surface area (Å²) in [5.74, 6) is 0.227. The number of hydrogen-bond acceptors (Lipinski definition) is 5. The van der Waals surface area contributed by atoms with E-state index in [2.05, 4.69) is 35.2 Å². The average Bonchev–Trinajstić information content (AvgIpc) is 2.94. The Balaban J connectivity index is 0.000000305. The fraction of sp³-hybridized carbons (Fsp3) is 0.385. The molecule has 6 heteroatoms. The first-order valence-electron chi connectivity index (χ1n) is 11.4. The molecule has 2 heterocycles. The smallest absolute Gasteiger partial charge is 0.222 e. The lowest BCUT2D eigenvalue weighted by molar-refractivity contribution is -0.132. The van der Waals surface area contributed by atoms with Gasteiger partial charge < -0.3 is 9.80 Å². The maximum Gasteiger partial charge on any atom is 0.222 e. The van der Waals surface area contributed by atoms with Crippen LogP contribution in [0.1, 0.15) is 19.3 Å². The number of hydroxylamine groups is 1. The predicted molar refractivity (Wildman–Crippen MR) is 130 cm³/mol. The molecule has 2 unspecified atom stereocenters. The number of carbonyl (C=O) groups excluding carboxylic acids is 1. The van der Waals surface area contributed by atoms with Crippen molar-refractivity contribution in [3.05, 3.63) is 91.0 Å². The first-order chi connectivity index (χ1) is 15.7. The van der Waals surface area contributed by atoms with Gasteiger partial charge in [-0.1, -0.05) is 79.0 Å². The van der Waals surface area contributed by atoms with Crippen LogP contribution in [-0.2, 0) is 9.63 Å². The van der Waals surface area contributed by atoms with E-state index in [1.165, 1.54) is 0 Å². The third-order valence-electron chi connectivity index (χ3n) is 5.51. The van der Waals surface area contributed by atoms with Crippen LogP contribution in [-0.4, -0.2) is 61.3 Å². The molecule has 4 aliphatic rings. The minimum atomic E-state index is -0.140. The van der Waals surface area contributed by atoms with Crippen molar-refractivity contribution < 1.29 is 9.63 Å². The quantitative estimate of drug-likeness (QED) is 0.710. The van der Waals surface area contributed by atoms with Crippen LogP contribution >= 0.6 is 0 Å². The Morgan fingerprint density at radius 2 is 1.56 bits per heavy atom. The zero-order valence-electron chi connectivity index (χ0n) is 18.9. The van der Waals surface area contributed by atoms with E-state index >= 15 is 0 Å². The fourth-order valence-electron chi connectivity index (χ4n) is 3.64. The Hall–Kier alpha value is -2.51. The molecule has 0 aromatic heterocycles. The van der Waals surface area contributed by atoms with Crippen molar-refractivity contribution in [1.29, 1.82) is 0 Å². The number of rotatable bonds is 4. The standard InChI is InChI=1S/C18H27N4O2.C8H8/c1-21-11-6-12-22(14-13-21)17(23)10-9-16-19-18(20-24-16)15-7-4-2-3-5-8-15;1-2-4-6-8-7-5-3-1/h2-5,7-8,16,18-20H,6,9-14H2,1H3;1-8H/b;2-1-,3-1?,4-2?,5-3-,6-4-,7-5?,8-6?,8-7-. The van der Waals surface area contributed by atoms with E-state index in [1.807, 2.05) is 77.8 Å². The number of likely N-dealkylation sites (N-methyl/N-ethyl adjacent to an activating group) is 1. The molecule has 2 aliphatic heterocycles. The highest BCUT2D eigenvalue weighted by Crippen LogP contribution is 2.16. The maximum atomic E-state index is 12.4. The van der Waals surface area contributed by atoms with Gasteiger partial charge in [-0.15, -0.1) is 0 Å². The highest BCUT2D eigenvalue weighted by molar-refractivity contribution is 5.76. The molecule has 6 nitrogen and oxygen atoms in total. The van der Waals surface area contributed by atoms with Crippen molar-refractivity contribution in [3.8, 4) is 0 Å². The second-order valence-corrected chi connectivity index (χ2v) is 8.04. The summed E-state index contributed by atoms with van der Waals surface area (Å²) in [5, 5.41) is 3.39. The van der Waals surface area contributed by atoms with Crippen molar-refractivity contribution in [1.82, 2.24) is 20.6 Å². The van der Waals surface area contributed by atoms with Crippen LogP contribution < -0.4 is 10.8 Å². The molecule has 4 rings (SSSR count). The van der Waals surface area contributed by atoms with Crippen LogP contribution in [0.15, 0.2) is 84.6 Å². The number of nitrogens with one attached hydrogen (secondary N) is 2. The molecule has 2 atom stereocenters. The van der Waals surface area contributed by atoms with Crippen LogP contribution in [0, 0.1) is 6.42 Å². The summed E-state index contributed by atoms with van der Waals surface area (Å²) in [5.41, 5.74) is 4.13. The van der Waals surface area contributed by atoms with E-state index < -0.39 is 0 Å². The zero-order chi connectivity index (χ0) is 22.4. The van der Waals surface area contributed by atoms with Gasteiger partial charge in [-0.3, -0.25) is 14.9 Å². The Kier molecular flexibility index (Phi) is 10.4. The molecule has 0 aromatic rings. The van der Waals surface area contributed by atoms with Gasteiger partial charge in [-0.2, -0.15) is 5.48 Å². The van der Waals surface area contributed by atoms with Gasteiger partial charge in [0.25, 0.3) is 0 Å². The summed E-state index contributed by atoms with van der Waals surface area (Å²) >= 11 is 0. The van der Waals surface area contributed by atoms with Crippen LogP contribution in [0.4, 0.5) is 0 Å². The highest BCUT2D eigenvalue weighted by Gasteiger charge is 2.27. The van der Waals surface area contributed by atoms with Gasteiger partial charge in [0.15, 0.2) is 0 Å². The van der Waals surface area contributed by atoms with Gasteiger partial charge >= 0.3 is 0 Å². The summed E-state index contributed by atoms with van der Waals surface area (Å²) in [7, 11) is 2.11. The van der Waals surface area contributed by atoms with Gasteiger partial charge in [0, 0.05) is 32.5 Å². The van der Waals surface area contributed by atoms with Gasteiger partial charge in [-0.05, 0) is 32.0 Å². The molecule has 0 saturated carbocycles. The first-order valence-corrected chi connectivity index (χ1v) is 11.4. The second-order valence-electron chi connectivity index (χ2n) is 8.04.